The van der Waals surface area contributed by atoms with E-state index < -0.39 is 0 Å². The summed E-state index contributed by atoms with van der Waals surface area (Å²) in [6.07, 6.45) is 2.63. The van der Waals surface area contributed by atoms with Gasteiger partial charge >= 0.3 is 0 Å². The summed E-state index contributed by atoms with van der Waals surface area (Å²) in [5, 5.41) is 2.75. The lowest BCUT2D eigenvalue weighted by Crippen LogP contribution is -2.18. The van der Waals surface area contributed by atoms with Crippen molar-refractivity contribution >= 4 is 5.82 Å². The van der Waals surface area contributed by atoms with Gasteiger partial charge in [-0.05, 0) is 46.0 Å². The Morgan fingerprint density at radius 2 is 1.65 bits per heavy atom. The summed E-state index contributed by atoms with van der Waals surface area (Å²) in [5.74, 6) is 1.15. The molecule has 98 valence electrons. The van der Waals surface area contributed by atoms with Gasteiger partial charge in [0.15, 0.2) is 0 Å². The third-order valence-electron chi connectivity index (χ3n) is 2.30. The van der Waals surface area contributed by atoms with E-state index in [-0.39, 0.29) is 0 Å². The predicted octanol–water partition coefficient (Wildman–Crippen LogP) is 2.85. The maximum Gasteiger partial charge on any atom is 0.128 e. The summed E-state index contributed by atoms with van der Waals surface area (Å²) in [5.41, 5.74) is 1.11. The molecule has 1 N–H and O–H groups in total. The van der Waals surface area contributed by atoms with Gasteiger partial charge in [-0.15, -0.1) is 0 Å². The van der Waals surface area contributed by atoms with Gasteiger partial charge < -0.3 is 10.2 Å². The number of rotatable bonds is 1. The molecule has 3 nitrogen and oxygen atoms in total. The number of nitrogens with one attached hydrogen (secondary N) is 1. The van der Waals surface area contributed by atoms with E-state index in [1.54, 1.807) is 0 Å². The van der Waals surface area contributed by atoms with Crippen molar-refractivity contribution in [1.29, 1.82) is 0 Å². The van der Waals surface area contributed by atoms with Gasteiger partial charge in [0.05, 0.1) is 0 Å². The summed E-state index contributed by atoms with van der Waals surface area (Å²) >= 11 is 0. The van der Waals surface area contributed by atoms with Crippen molar-refractivity contribution < 1.29 is 0 Å². The molecule has 3 heteroatoms. The minimum atomic E-state index is 1.11. The number of hydrogen-bond donors (Lipinski definition) is 1. The molecule has 0 unspecified atom stereocenters. The number of hydrogen-bond acceptors (Lipinski definition) is 3. The van der Waals surface area contributed by atoms with Gasteiger partial charge in [-0.3, -0.25) is 0 Å². The van der Waals surface area contributed by atoms with Gasteiger partial charge in [-0.2, -0.15) is 0 Å². The van der Waals surface area contributed by atoms with Gasteiger partial charge in [-0.25, -0.2) is 4.98 Å². The highest BCUT2D eigenvalue weighted by molar-refractivity contribution is 5.39. The van der Waals surface area contributed by atoms with Crippen molar-refractivity contribution in [1.82, 2.24) is 10.3 Å². The number of nitrogens with zero attached hydrogens (tertiary/aromatic N) is 2. The van der Waals surface area contributed by atoms with E-state index in [1.807, 2.05) is 40.9 Å². The molecular formula is C14H27N3. The van der Waals surface area contributed by atoms with Crippen LogP contribution in [-0.4, -0.2) is 32.2 Å². The number of pyridine rings is 1. The van der Waals surface area contributed by atoms with E-state index in [2.05, 4.69) is 27.3 Å². The van der Waals surface area contributed by atoms with E-state index in [1.165, 1.54) is 25.9 Å². The largest absolute Gasteiger partial charge is 0.357 e. The second-order valence-corrected chi connectivity index (χ2v) is 3.83. The molecule has 1 aromatic heterocycles. The molecule has 0 saturated carbocycles. The molecule has 0 bridgehead atoms. The molecular weight excluding hydrogens is 210 g/mol. The van der Waals surface area contributed by atoms with Crippen molar-refractivity contribution in [2.24, 2.45) is 0 Å². The molecule has 0 atom stereocenters. The van der Waals surface area contributed by atoms with E-state index in [9.17, 15) is 0 Å². The Morgan fingerprint density at radius 3 is 2.12 bits per heavy atom. The Labute approximate surface area is 106 Å². The third kappa shape index (κ3) is 6.27. The zero-order chi connectivity index (χ0) is 13.1. The summed E-state index contributed by atoms with van der Waals surface area (Å²) in [7, 11) is 3.75. The lowest BCUT2D eigenvalue weighted by molar-refractivity contribution is 0.929. The van der Waals surface area contributed by atoms with Gasteiger partial charge in [-0.1, -0.05) is 19.9 Å². The van der Waals surface area contributed by atoms with Crippen LogP contribution in [0.1, 0.15) is 32.4 Å². The molecule has 1 aliphatic heterocycles. The molecule has 0 spiro atoms. The molecule has 1 aromatic rings. The van der Waals surface area contributed by atoms with Crippen LogP contribution < -0.4 is 10.2 Å². The van der Waals surface area contributed by atoms with Crippen LogP contribution in [0.25, 0.3) is 0 Å². The number of aromatic nitrogens is 1. The summed E-state index contributed by atoms with van der Waals surface area (Å²) in [4.78, 5) is 6.84. The van der Waals surface area contributed by atoms with Gasteiger partial charge in [0, 0.05) is 18.8 Å². The first-order chi connectivity index (χ1) is 8.27. The smallest absolute Gasteiger partial charge is 0.128 e. The van der Waals surface area contributed by atoms with Crippen molar-refractivity contribution in [2.45, 2.75) is 33.6 Å². The predicted molar refractivity (Wildman–Crippen MR) is 76.8 cm³/mol. The SMILES string of the molecule is CC.CNC.Cc1cccc(N2CCCC2)n1. The maximum absolute atomic E-state index is 4.48. The summed E-state index contributed by atoms with van der Waals surface area (Å²) in [6, 6.07) is 6.22. The Kier molecular flexibility index (Phi) is 9.44. The van der Waals surface area contributed by atoms with Crippen LogP contribution in [-0.2, 0) is 0 Å². The van der Waals surface area contributed by atoms with E-state index in [0.717, 1.165) is 11.5 Å². The Hall–Kier alpha value is -1.09. The molecule has 2 rings (SSSR count). The third-order valence-corrected chi connectivity index (χ3v) is 2.30. The molecule has 2 heterocycles. The Balaban J connectivity index is 0.000000450. The molecule has 0 radical (unpaired) electrons. The van der Waals surface area contributed by atoms with Crippen LogP contribution in [0.2, 0.25) is 0 Å². The first-order valence-corrected chi connectivity index (χ1v) is 6.55. The van der Waals surface area contributed by atoms with E-state index in [0.29, 0.717) is 0 Å². The van der Waals surface area contributed by atoms with Crippen molar-refractivity contribution in [3.63, 3.8) is 0 Å². The van der Waals surface area contributed by atoms with Crippen LogP contribution in [0.15, 0.2) is 18.2 Å². The van der Waals surface area contributed by atoms with Gasteiger partial charge in [0.25, 0.3) is 0 Å². The zero-order valence-electron chi connectivity index (χ0n) is 12.0. The fourth-order valence-corrected chi connectivity index (χ4v) is 1.65. The van der Waals surface area contributed by atoms with Crippen molar-refractivity contribution in [3.05, 3.63) is 23.9 Å². The Bertz CT molecular complexity index is 281. The average Bonchev–Trinajstić information content (AvgIpc) is 2.86. The quantitative estimate of drug-likeness (QED) is 0.814. The van der Waals surface area contributed by atoms with E-state index in [4.69, 9.17) is 0 Å². The highest BCUT2D eigenvalue weighted by Crippen LogP contribution is 2.17. The van der Waals surface area contributed by atoms with Crippen LogP contribution in [0, 0.1) is 6.92 Å². The number of anilines is 1. The molecule has 0 aromatic carbocycles. The fraction of sp³-hybridized carbons (Fsp3) is 0.643. The average molecular weight is 237 g/mol. The minimum Gasteiger partial charge on any atom is -0.357 e. The van der Waals surface area contributed by atoms with Gasteiger partial charge in [0.2, 0.25) is 0 Å². The van der Waals surface area contributed by atoms with Crippen LogP contribution in [0.5, 0.6) is 0 Å². The number of aryl methyl sites for hydroxylation is 1. The minimum absolute atomic E-state index is 1.11. The highest BCUT2D eigenvalue weighted by Gasteiger charge is 2.12. The second kappa shape index (κ2) is 10.1. The standard InChI is InChI=1S/C10H14N2.C2H7N.C2H6/c1-9-5-4-6-10(11-9)12-7-2-3-8-12;1-3-2;1-2/h4-6H,2-3,7-8H2,1H3;3H,1-2H3;1-2H3. The monoisotopic (exact) mass is 237 g/mol. The highest BCUT2D eigenvalue weighted by atomic mass is 15.2. The van der Waals surface area contributed by atoms with Crippen LogP contribution in [0.3, 0.4) is 0 Å². The topological polar surface area (TPSA) is 28.2 Å². The molecule has 0 amide bonds. The van der Waals surface area contributed by atoms with Crippen molar-refractivity contribution in [2.75, 3.05) is 32.1 Å². The molecule has 0 aliphatic carbocycles. The maximum atomic E-state index is 4.48. The fourth-order valence-electron chi connectivity index (χ4n) is 1.65. The molecule has 1 aliphatic rings. The summed E-state index contributed by atoms with van der Waals surface area (Å²) in [6.45, 7) is 8.40. The van der Waals surface area contributed by atoms with Crippen LogP contribution in [0.4, 0.5) is 5.82 Å². The lowest BCUT2D eigenvalue weighted by Gasteiger charge is -2.15. The zero-order valence-corrected chi connectivity index (χ0v) is 12.0. The van der Waals surface area contributed by atoms with Crippen molar-refractivity contribution in [3.8, 4) is 0 Å². The normalized spacial score (nSPS) is 13.4. The summed E-state index contributed by atoms with van der Waals surface area (Å²) < 4.78 is 0. The van der Waals surface area contributed by atoms with Crippen LogP contribution >= 0.6 is 0 Å². The first-order valence-electron chi connectivity index (χ1n) is 6.55. The lowest BCUT2D eigenvalue weighted by atomic mass is 10.3. The molecule has 1 saturated heterocycles. The first kappa shape index (κ1) is 15.9. The van der Waals surface area contributed by atoms with Gasteiger partial charge in [0.1, 0.15) is 5.82 Å². The molecule has 17 heavy (non-hydrogen) atoms. The Morgan fingerprint density at radius 1 is 1.12 bits per heavy atom. The van der Waals surface area contributed by atoms with E-state index >= 15 is 0 Å². The molecule has 1 fully saturated rings. The second-order valence-electron chi connectivity index (χ2n) is 3.83.